The van der Waals surface area contributed by atoms with E-state index in [0.717, 1.165) is 18.4 Å². The fraction of sp³-hybridized carbons (Fsp3) is 0.571. The summed E-state index contributed by atoms with van der Waals surface area (Å²) in [5, 5.41) is 0. The molecule has 0 bridgehead atoms. The van der Waals surface area contributed by atoms with Crippen LogP contribution in [0.5, 0.6) is 5.75 Å². The zero-order chi connectivity index (χ0) is 15.3. The van der Waals surface area contributed by atoms with E-state index in [1.165, 1.54) is 7.11 Å². The van der Waals surface area contributed by atoms with E-state index >= 15 is 0 Å². The Morgan fingerprint density at radius 1 is 1.38 bits per heavy atom. The Balaban J connectivity index is 2.14. The summed E-state index contributed by atoms with van der Waals surface area (Å²) < 4.78 is 38.0. The molecule has 1 aliphatic rings. The number of hydrogen-bond acceptors (Lipinski definition) is 5. The van der Waals surface area contributed by atoms with Gasteiger partial charge in [-0.2, -0.15) is 0 Å². The van der Waals surface area contributed by atoms with E-state index in [4.69, 9.17) is 15.2 Å². The number of benzene rings is 1. The summed E-state index contributed by atoms with van der Waals surface area (Å²) in [6.45, 7) is 2.09. The number of rotatable bonds is 6. The van der Waals surface area contributed by atoms with Crippen LogP contribution in [0, 0.1) is 5.92 Å². The molecule has 1 aromatic rings. The first-order valence-corrected chi connectivity index (χ1v) is 8.49. The van der Waals surface area contributed by atoms with Gasteiger partial charge in [0.25, 0.3) is 0 Å². The fourth-order valence-electron chi connectivity index (χ4n) is 2.31. The number of hydrogen-bond donors (Lipinski definition) is 2. The summed E-state index contributed by atoms with van der Waals surface area (Å²) in [6, 6.07) is 4.95. The van der Waals surface area contributed by atoms with Crippen molar-refractivity contribution in [1.82, 2.24) is 4.72 Å². The first-order valence-electron chi connectivity index (χ1n) is 7.01. The van der Waals surface area contributed by atoms with Gasteiger partial charge in [0.15, 0.2) is 0 Å². The summed E-state index contributed by atoms with van der Waals surface area (Å²) in [4.78, 5) is 0.139. The molecule has 118 valence electrons. The summed E-state index contributed by atoms with van der Waals surface area (Å²) in [6.07, 6.45) is 1.75. The molecule has 0 aromatic heterocycles. The van der Waals surface area contributed by atoms with Gasteiger partial charge in [0, 0.05) is 26.3 Å². The molecule has 1 aromatic carbocycles. The first kappa shape index (κ1) is 16.2. The molecule has 0 aliphatic carbocycles. The van der Waals surface area contributed by atoms with Gasteiger partial charge in [-0.3, -0.25) is 0 Å². The number of methoxy groups -OCH3 is 1. The van der Waals surface area contributed by atoms with Gasteiger partial charge in [-0.15, -0.1) is 0 Å². The lowest BCUT2D eigenvalue weighted by Crippen LogP contribution is -2.32. The quantitative estimate of drug-likeness (QED) is 0.812. The van der Waals surface area contributed by atoms with Crippen LogP contribution in [0.3, 0.4) is 0 Å². The second-order valence-electron chi connectivity index (χ2n) is 5.10. The number of sulfonamides is 1. The SMILES string of the molecule is COc1ccc(CN)cc1S(=O)(=O)NCC1CCOCC1. The first-order chi connectivity index (χ1) is 10.1. The highest BCUT2D eigenvalue weighted by molar-refractivity contribution is 7.89. The molecular weight excluding hydrogens is 292 g/mol. The van der Waals surface area contributed by atoms with Crippen LogP contribution in [0.1, 0.15) is 18.4 Å². The molecule has 0 saturated carbocycles. The van der Waals surface area contributed by atoms with E-state index in [2.05, 4.69) is 4.72 Å². The van der Waals surface area contributed by atoms with Crippen molar-refractivity contribution in [2.24, 2.45) is 11.7 Å². The van der Waals surface area contributed by atoms with Gasteiger partial charge >= 0.3 is 0 Å². The smallest absolute Gasteiger partial charge is 0.244 e. The van der Waals surface area contributed by atoms with Crippen molar-refractivity contribution < 1.29 is 17.9 Å². The molecule has 0 amide bonds. The van der Waals surface area contributed by atoms with Crippen LogP contribution in [-0.2, 0) is 21.3 Å². The van der Waals surface area contributed by atoms with Crippen molar-refractivity contribution in [2.45, 2.75) is 24.3 Å². The largest absolute Gasteiger partial charge is 0.495 e. The number of nitrogens with one attached hydrogen (secondary N) is 1. The maximum Gasteiger partial charge on any atom is 0.244 e. The minimum absolute atomic E-state index is 0.139. The monoisotopic (exact) mass is 314 g/mol. The van der Waals surface area contributed by atoms with Gasteiger partial charge < -0.3 is 15.2 Å². The van der Waals surface area contributed by atoms with Crippen molar-refractivity contribution in [3.63, 3.8) is 0 Å². The van der Waals surface area contributed by atoms with Crippen molar-refractivity contribution in [1.29, 1.82) is 0 Å². The molecule has 1 fully saturated rings. The molecule has 6 nitrogen and oxygen atoms in total. The van der Waals surface area contributed by atoms with Crippen molar-refractivity contribution in [3.05, 3.63) is 23.8 Å². The van der Waals surface area contributed by atoms with Gasteiger partial charge in [-0.05, 0) is 36.5 Å². The van der Waals surface area contributed by atoms with Crippen LogP contribution in [0.15, 0.2) is 23.1 Å². The van der Waals surface area contributed by atoms with Gasteiger partial charge in [-0.1, -0.05) is 6.07 Å². The molecule has 2 rings (SSSR count). The highest BCUT2D eigenvalue weighted by Crippen LogP contribution is 2.25. The molecule has 1 saturated heterocycles. The third-order valence-corrected chi connectivity index (χ3v) is 5.10. The maximum absolute atomic E-state index is 12.5. The Hall–Kier alpha value is -1.15. The van der Waals surface area contributed by atoms with Gasteiger partial charge in [-0.25, -0.2) is 13.1 Å². The zero-order valence-corrected chi connectivity index (χ0v) is 13.0. The summed E-state index contributed by atoms with van der Waals surface area (Å²) >= 11 is 0. The Morgan fingerprint density at radius 3 is 2.71 bits per heavy atom. The Kier molecular flexibility index (Phi) is 5.58. The Bertz CT molecular complexity index is 568. The molecule has 7 heteroatoms. The predicted octanol–water partition coefficient (Wildman–Crippen LogP) is 0.859. The van der Waals surface area contributed by atoms with E-state index < -0.39 is 10.0 Å². The second kappa shape index (κ2) is 7.22. The molecule has 0 unspecified atom stereocenters. The van der Waals surface area contributed by atoms with Gasteiger partial charge in [0.05, 0.1) is 7.11 Å². The Morgan fingerprint density at radius 2 is 2.10 bits per heavy atom. The Labute approximate surface area is 125 Å². The summed E-state index contributed by atoms with van der Waals surface area (Å²) in [7, 11) is -2.15. The van der Waals surface area contributed by atoms with Crippen molar-refractivity contribution in [3.8, 4) is 5.75 Å². The predicted molar refractivity (Wildman–Crippen MR) is 79.6 cm³/mol. The van der Waals surface area contributed by atoms with Crippen molar-refractivity contribution in [2.75, 3.05) is 26.9 Å². The van der Waals surface area contributed by atoms with Crippen molar-refractivity contribution >= 4 is 10.0 Å². The standard InChI is InChI=1S/C14H22N2O4S/c1-19-13-3-2-12(9-15)8-14(13)21(17,18)16-10-11-4-6-20-7-5-11/h2-3,8,11,16H,4-7,9-10,15H2,1H3. The third-order valence-electron chi connectivity index (χ3n) is 3.66. The molecule has 1 aliphatic heterocycles. The van der Waals surface area contributed by atoms with E-state index in [9.17, 15) is 8.42 Å². The number of ether oxygens (including phenoxy) is 2. The van der Waals surface area contributed by atoms with E-state index in [-0.39, 0.29) is 11.4 Å². The molecule has 3 N–H and O–H groups in total. The number of nitrogens with two attached hydrogens (primary N) is 1. The molecular formula is C14H22N2O4S. The highest BCUT2D eigenvalue weighted by atomic mass is 32.2. The van der Waals surface area contributed by atoms with Crippen LogP contribution in [0.4, 0.5) is 0 Å². The van der Waals surface area contributed by atoms with E-state index in [1.807, 2.05) is 0 Å². The molecule has 21 heavy (non-hydrogen) atoms. The fourth-order valence-corrected chi connectivity index (χ4v) is 3.65. The minimum Gasteiger partial charge on any atom is -0.495 e. The lowest BCUT2D eigenvalue weighted by atomic mass is 10.0. The minimum atomic E-state index is -3.61. The van der Waals surface area contributed by atoms with Crippen LogP contribution >= 0.6 is 0 Å². The van der Waals surface area contributed by atoms with Crippen LogP contribution in [0.2, 0.25) is 0 Å². The topological polar surface area (TPSA) is 90.7 Å². The van der Waals surface area contributed by atoms with Gasteiger partial charge in [0.1, 0.15) is 10.6 Å². The third kappa shape index (κ3) is 4.16. The summed E-state index contributed by atoms with van der Waals surface area (Å²) in [5.41, 5.74) is 6.33. The molecule has 1 heterocycles. The summed E-state index contributed by atoms with van der Waals surface area (Å²) in [5.74, 6) is 0.642. The maximum atomic E-state index is 12.5. The second-order valence-corrected chi connectivity index (χ2v) is 6.83. The van der Waals surface area contributed by atoms with Gasteiger partial charge in [0.2, 0.25) is 10.0 Å². The zero-order valence-electron chi connectivity index (χ0n) is 12.2. The highest BCUT2D eigenvalue weighted by Gasteiger charge is 2.22. The van der Waals surface area contributed by atoms with Crippen LogP contribution in [0.25, 0.3) is 0 Å². The normalized spacial score (nSPS) is 16.9. The lowest BCUT2D eigenvalue weighted by Gasteiger charge is -2.22. The van der Waals surface area contributed by atoms with E-state index in [0.29, 0.717) is 31.4 Å². The average Bonchev–Trinajstić information content (AvgIpc) is 2.53. The molecule has 0 atom stereocenters. The average molecular weight is 314 g/mol. The van der Waals surface area contributed by atoms with Crippen LogP contribution < -0.4 is 15.2 Å². The molecule has 0 spiro atoms. The molecule has 0 radical (unpaired) electrons. The van der Waals surface area contributed by atoms with E-state index in [1.54, 1.807) is 18.2 Å². The van der Waals surface area contributed by atoms with Crippen LogP contribution in [-0.4, -0.2) is 35.3 Å². The lowest BCUT2D eigenvalue weighted by molar-refractivity contribution is 0.0678.